The van der Waals surface area contributed by atoms with Gasteiger partial charge >= 0.3 is 0 Å². The predicted octanol–water partition coefficient (Wildman–Crippen LogP) is 3.40. The van der Waals surface area contributed by atoms with E-state index in [9.17, 15) is 0 Å². The Hall–Kier alpha value is -1.22. The topological polar surface area (TPSA) is 0 Å². The molecule has 13 heavy (non-hydrogen) atoms. The van der Waals surface area contributed by atoms with E-state index in [-0.39, 0.29) is 0 Å². The molecule has 68 valence electrons. The lowest BCUT2D eigenvalue weighted by atomic mass is 10.1. The summed E-state index contributed by atoms with van der Waals surface area (Å²) in [4.78, 5) is 0. The maximum Gasteiger partial charge on any atom is 0.0247 e. The summed E-state index contributed by atoms with van der Waals surface area (Å²) in [6.07, 6.45) is 3.70. The lowest BCUT2D eigenvalue weighted by molar-refractivity contribution is 0.795. The van der Waals surface area contributed by atoms with Gasteiger partial charge in [0, 0.05) is 5.56 Å². The normalized spacial score (nSPS) is 9.08. The van der Waals surface area contributed by atoms with Crippen molar-refractivity contribution in [3.63, 3.8) is 0 Å². The quantitative estimate of drug-likeness (QED) is 0.613. The summed E-state index contributed by atoms with van der Waals surface area (Å²) in [5.74, 6) is 5.99. The van der Waals surface area contributed by atoms with Gasteiger partial charge in [-0.15, -0.1) is 5.92 Å². The molecule has 1 aromatic carbocycles. The Morgan fingerprint density at radius 2 is 2.15 bits per heavy atom. The van der Waals surface area contributed by atoms with Crippen LogP contribution in [0, 0.1) is 11.8 Å². The molecule has 0 fully saturated rings. The van der Waals surface area contributed by atoms with Crippen molar-refractivity contribution in [1.29, 1.82) is 0 Å². The van der Waals surface area contributed by atoms with Crippen LogP contribution in [-0.2, 0) is 6.42 Å². The van der Waals surface area contributed by atoms with Crippen molar-refractivity contribution in [1.82, 2.24) is 0 Å². The average molecular weight is 172 g/mol. The van der Waals surface area contributed by atoms with Crippen molar-refractivity contribution >= 4 is 0 Å². The molecule has 0 unspecified atom stereocenters. The molecule has 0 aromatic heterocycles. The molecule has 1 rings (SSSR count). The van der Waals surface area contributed by atoms with E-state index in [0.717, 1.165) is 5.56 Å². The molecule has 0 aliphatic heterocycles. The summed E-state index contributed by atoms with van der Waals surface area (Å²) in [7, 11) is 0. The Labute approximate surface area is 81.0 Å². The molecule has 0 N–H and O–H groups in total. The van der Waals surface area contributed by atoms with Crippen molar-refractivity contribution < 1.29 is 0 Å². The van der Waals surface area contributed by atoms with Crippen LogP contribution in [0.2, 0.25) is 0 Å². The lowest BCUT2D eigenvalue weighted by Crippen LogP contribution is -1.85. The monoisotopic (exact) mass is 172 g/mol. The highest BCUT2D eigenvalue weighted by Gasteiger charge is 1.92. The minimum absolute atomic E-state index is 1.14. The summed E-state index contributed by atoms with van der Waals surface area (Å²) >= 11 is 0. The number of hydrogen-bond donors (Lipinski definition) is 0. The Morgan fingerprint density at radius 1 is 1.31 bits per heavy atom. The van der Waals surface area contributed by atoms with Gasteiger partial charge in [-0.25, -0.2) is 0 Å². The minimum Gasteiger partial charge on any atom is -0.101 e. The van der Waals surface area contributed by atoms with E-state index in [1.165, 1.54) is 24.8 Å². The molecule has 1 aromatic rings. The number of hydrogen-bond acceptors (Lipinski definition) is 0. The highest BCUT2D eigenvalue weighted by Crippen LogP contribution is 2.07. The van der Waals surface area contributed by atoms with Gasteiger partial charge in [0.15, 0.2) is 0 Å². The molecule has 0 spiro atoms. The van der Waals surface area contributed by atoms with Gasteiger partial charge in [0.2, 0.25) is 0 Å². The van der Waals surface area contributed by atoms with Crippen LogP contribution in [0.15, 0.2) is 24.3 Å². The van der Waals surface area contributed by atoms with Crippen LogP contribution in [0.5, 0.6) is 0 Å². The Kier molecular flexibility index (Phi) is 4.12. The predicted molar refractivity (Wildman–Crippen MR) is 57.6 cm³/mol. The summed E-state index contributed by atoms with van der Waals surface area (Å²) in [5.41, 5.74) is 2.54. The first-order valence-electron chi connectivity index (χ1n) is 4.88. The van der Waals surface area contributed by atoms with Crippen LogP contribution >= 0.6 is 0 Å². The zero-order valence-corrected chi connectivity index (χ0v) is 8.43. The molecule has 0 heterocycles. The average Bonchev–Trinajstić information content (AvgIpc) is 2.16. The maximum atomic E-state index is 3.07. The first-order valence-corrected chi connectivity index (χ1v) is 4.88. The van der Waals surface area contributed by atoms with E-state index in [4.69, 9.17) is 0 Å². The van der Waals surface area contributed by atoms with E-state index in [1.54, 1.807) is 0 Å². The van der Waals surface area contributed by atoms with Crippen LogP contribution in [0.4, 0.5) is 0 Å². The Bertz CT molecular complexity index is 312. The molecule has 0 saturated carbocycles. The fraction of sp³-hybridized carbons (Fsp3) is 0.385. The third kappa shape index (κ3) is 3.34. The molecule has 0 radical (unpaired) electrons. The summed E-state index contributed by atoms with van der Waals surface area (Å²) in [6, 6.07) is 8.51. The van der Waals surface area contributed by atoms with Crippen molar-refractivity contribution in [3.8, 4) is 11.8 Å². The number of unbranched alkanes of at least 4 members (excludes halogenated alkanes) is 1. The van der Waals surface area contributed by atoms with Crippen LogP contribution in [0.25, 0.3) is 0 Å². The second-order valence-electron chi connectivity index (χ2n) is 3.18. The van der Waals surface area contributed by atoms with Gasteiger partial charge in [-0.05, 0) is 37.5 Å². The second kappa shape index (κ2) is 5.43. The molecule has 0 bridgehead atoms. The fourth-order valence-corrected chi connectivity index (χ4v) is 1.33. The van der Waals surface area contributed by atoms with Crippen molar-refractivity contribution in [2.75, 3.05) is 0 Å². The van der Waals surface area contributed by atoms with Crippen molar-refractivity contribution in [2.24, 2.45) is 0 Å². The van der Waals surface area contributed by atoms with Crippen LogP contribution in [0.1, 0.15) is 37.8 Å². The van der Waals surface area contributed by atoms with Crippen molar-refractivity contribution in [2.45, 2.75) is 33.1 Å². The minimum atomic E-state index is 1.14. The largest absolute Gasteiger partial charge is 0.101 e. The highest BCUT2D eigenvalue weighted by molar-refractivity contribution is 5.36. The van der Waals surface area contributed by atoms with Gasteiger partial charge in [0.1, 0.15) is 0 Å². The molecule has 0 amide bonds. The van der Waals surface area contributed by atoms with Gasteiger partial charge in [-0.1, -0.05) is 31.4 Å². The van der Waals surface area contributed by atoms with Gasteiger partial charge in [0.25, 0.3) is 0 Å². The molecule has 0 atom stereocenters. The second-order valence-corrected chi connectivity index (χ2v) is 3.18. The zero-order valence-electron chi connectivity index (χ0n) is 8.43. The van der Waals surface area contributed by atoms with Gasteiger partial charge < -0.3 is 0 Å². The van der Waals surface area contributed by atoms with E-state index in [2.05, 4.69) is 43.0 Å². The molecular formula is C13H16. The van der Waals surface area contributed by atoms with Gasteiger partial charge in [0.05, 0.1) is 0 Å². The summed E-state index contributed by atoms with van der Waals surface area (Å²) in [6.45, 7) is 4.09. The molecule has 0 nitrogen and oxygen atoms in total. The van der Waals surface area contributed by atoms with E-state index >= 15 is 0 Å². The lowest BCUT2D eigenvalue weighted by Gasteiger charge is -1.99. The molecule has 0 aliphatic carbocycles. The zero-order chi connectivity index (χ0) is 9.52. The van der Waals surface area contributed by atoms with Crippen LogP contribution < -0.4 is 0 Å². The standard InChI is InChI=1S/C13H16/c1-3-5-8-13-10-6-9-12(11-13)7-4-2/h6,9-11H,3,5,8H2,1-2H3. The third-order valence-corrected chi connectivity index (χ3v) is 2.02. The molecular weight excluding hydrogens is 156 g/mol. The highest BCUT2D eigenvalue weighted by atomic mass is 14.0. The molecule has 0 heteroatoms. The molecule has 0 aliphatic rings. The SMILES string of the molecule is CC#Cc1cccc(CCCC)c1. The third-order valence-electron chi connectivity index (χ3n) is 2.02. The number of benzene rings is 1. The maximum absolute atomic E-state index is 3.07. The summed E-state index contributed by atoms with van der Waals surface area (Å²) < 4.78 is 0. The summed E-state index contributed by atoms with van der Waals surface area (Å²) in [5, 5.41) is 0. The van der Waals surface area contributed by atoms with Gasteiger partial charge in [-0.3, -0.25) is 0 Å². The van der Waals surface area contributed by atoms with Crippen molar-refractivity contribution in [3.05, 3.63) is 35.4 Å². The van der Waals surface area contributed by atoms with E-state index in [0.29, 0.717) is 0 Å². The smallest absolute Gasteiger partial charge is 0.0247 e. The molecule has 0 saturated heterocycles. The Balaban J connectivity index is 2.71. The van der Waals surface area contributed by atoms with Gasteiger partial charge in [-0.2, -0.15) is 0 Å². The number of rotatable bonds is 3. The van der Waals surface area contributed by atoms with E-state index < -0.39 is 0 Å². The first kappa shape index (κ1) is 9.86. The van der Waals surface area contributed by atoms with E-state index in [1.807, 2.05) is 6.92 Å². The first-order chi connectivity index (χ1) is 6.36. The number of aryl methyl sites for hydroxylation is 1. The van der Waals surface area contributed by atoms with Crippen LogP contribution in [-0.4, -0.2) is 0 Å². The Morgan fingerprint density at radius 3 is 2.85 bits per heavy atom. The van der Waals surface area contributed by atoms with Crippen LogP contribution in [0.3, 0.4) is 0 Å². The fourth-order valence-electron chi connectivity index (χ4n) is 1.33.